The van der Waals surface area contributed by atoms with Crippen LogP contribution in [0.25, 0.3) is 20.8 Å². The summed E-state index contributed by atoms with van der Waals surface area (Å²) < 4.78 is 1.20. The lowest BCUT2D eigenvalue weighted by molar-refractivity contribution is -0.114. The monoisotopic (exact) mass is 383 g/mol. The van der Waals surface area contributed by atoms with Gasteiger partial charge in [0.15, 0.2) is 0 Å². The Balaban J connectivity index is 1.70. The van der Waals surface area contributed by atoms with Crippen molar-refractivity contribution in [2.45, 2.75) is 45.2 Å². The largest absolute Gasteiger partial charge is 0.317 e. The van der Waals surface area contributed by atoms with Crippen molar-refractivity contribution in [2.24, 2.45) is 0 Å². The van der Waals surface area contributed by atoms with E-state index in [2.05, 4.69) is 35.3 Å². The van der Waals surface area contributed by atoms with Gasteiger partial charge in [0, 0.05) is 29.4 Å². The topological polar surface area (TPSA) is 45.2 Å². The van der Waals surface area contributed by atoms with Crippen LogP contribution in [0.5, 0.6) is 0 Å². The number of para-hydroxylation sites is 1. The summed E-state index contributed by atoms with van der Waals surface area (Å²) >= 11 is 3.50. The highest BCUT2D eigenvalue weighted by Gasteiger charge is 2.42. The van der Waals surface area contributed by atoms with Gasteiger partial charge in [-0.05, 0) is 43.5 Å². The van der Waals surface area contributed by atoms with Gasteiger partial charge in [-0.1, -0.05) is 19.1 Å². The molecule has 1 saturated heterocycles. The minimum absolute atomic E-state index is 0.0107. The van der Waals surface area contributed by atoms with E-state index in [9.17, 15) is 4.79 Å². The Kier molecular flexibility index (Phi) is 3.88. The molecule has 0 spiro atoms. The van der Waals surface area contributed by atoms with Crippen molar-refractivity contribution in [3.63, 3.8) is 0 Å². The van der Waals surface area contributed by atoms with Crippen molar-refractivity contribution in [2.75, 3.05) is 11.9 Å². The minimum atomic E-state index is -0.0107. The molecule has 2 aliphatic heterocycles. The van der Waals surface area contributed by atoms with Crippen LogP contribution in [0, 0.1) is 0 Å². The molecule has 6 heteroatoms. The van der Waals surface area contributed by atoms with E-state index in [1.54, 1.807) is 29.6 Å². The van der Waals surface area contributed by atoms with Crippen molar-refractivity contribution in [1.29, 1.82) is 0 Å². The number of amides is 1. The number of nitrogens with zero attached hydrogens (tertiary/aromatic N) is 2. The van der Waals surface area contributed by atoms with E-state index >= 15 is 0 Å². The van der Waals surface area contributed by atoms with E-state index < -0.39 is 0 Å². The molecule has 26 heavy (non-hydrogen) atoms. The lowest BCUT2D eigenvalue weighted by atomic mass is 9.97. The number of likely N-dealkylation sites (N-methyl/N-ethyl adjacent to an activating group) is 1. The summed E-state index contributed by atoms with van der Waals surface area (Å²) in [6.45, 7) is 4.94. The van der Waals surface area contributed by atoms with Gasteiger partial charge in [-0.3, -0.25) is 9.69 Å². The SMILES string of the molecule is CCN1[C@H]2CC[C@@H]1c1sc(NC(C)=O)c(-c3nc4ccccc4s3)c1C2. The third kappa shape index (κ3) is 2.43. The molecule has 2 aliphatic rings. The first-order valence-corrected chi connectivity index (χ1v) is 10.8. The molecule has 1 aromatic carbocycles. The number of carbonyl (C=O) groups is 1. The summed E-state index contributed by atoms with van der Waals surface area (Å²) in [7, 11) is 0. The molecule has 0 aliphatic carbocycles. The molecule has 5 rings (SSSR count). The highest BCUT2D eigenvalue weighted by molar-refractivity contribution is 7.23. The first-order chi connectivity index (χ1) is 12.7. The second-order valence-electron chi connectivity index (χ2n) is 7.10. The zero-order valence-electron chi connectivity index (χ0n) is 14.9. The minimum Gasteiger partial charge on any atom is -0.317 e. The van der Waals surface area contributed by atoms with Crippen molar-refractivity contribution < 1.29 is 4.79 Å². The lowest BCUT2D eigenvalue weighted by Crippen LogP contribution is -2.36. The van der Waals surface area contributed by atoms with Crippen LogP contribution in [0.4, 0.5) is 5.00 Å². The number of carbonyl (C=O) groups excluding carboxylic acids is 1. The van der Waals surface area contributed by atoms with Crippen LogP contribution in [0.2, 0.25) is 0 Å². The Hall–Kier alpha value is -1.76. The van der Waals surface area contributed by atoms with Gasteiger partial charge in [-0.2, -0.15) is 0 Å². The van der Waals surface area contributed by atoms with Crippen LogP contribution in [-0.4, -0.2) is 28.4 Å². The van der Waals surface area contributed by atoms with Crippen molar-refractivity contribution >= 4 is 43.8 Å². The molecule has 2 bridgehead atoms. The van der Waals surface area contributed by atoms with Crippen molar-refractivity contribution in [3.8, 4) is 10.6 Å². The number of rotatable bonds is 3. The van der Waals surface area contributed by atoms with E-state index in [4.69, 9.17) is 4.98 Å². The normalized spacial score (nSPS) is 21.9. The first kappa shape index (κ1) is 16.4. The zero-order chi connectivity index (χ0) is 17.8. The van der Waals surface area contributed by atoms with Crippen molar-refractivity contribution in [1.82, 2.24) is 9.88 Å². The number of anilines is 1. The van der Waals surface area contributed by atoms with E-state index in [-0.39, 0.29) is 5.91 Å². The average Bonchev–Trinajstić information content (AvgIpc) is 3.27. The van der Waals surface area contributed by atoms with Gasteiger partial charge >= 0.3 is 0 Å². The van der Waals surface area contributed by atoms with Crippen LogP contribution in [0.15, 0.2) is 24.3 Å². The lowest BCUT2D eigenvalue weighted by Gasteiger charge is -2.33. The Morgan fingerprint density at radius 1 is 1.31 bits per heavy atom. The van der Waals surface area contributed by atoms with Crippen LogP contribution in [0.3, 0.4) is 0 Å². The average molecular weight is 384 g/mol. The zero-order valence-corrected chi connectivity index (χ0v) is 16.5. The molecule has 4 heterocycles. The van der Waals surface area contributed by atoms with E-state index in [0.717, 1.165) is 28.5 Å². The molecule has 2 aromatic heterocycles. The molecule has 1 N–H and O–H groups in total. The summed E-state index contributed by atoms with van der Waals surface area (Å²) in [4.78, 5) is 20.8. The van der Waals surface area contributed by atoms with Gasteiger partial charge in [0.1, 0.15) is 10.0 Å². The molecule has 0 radical (unpaired) electrons. The maximum Gasteiger partial charge on any atom is 0.221 e. The Bertz CT molecular complexity index is 973. The van der Waals surface area contributed by atoms with Gasteiger partial charge < -0.3 is 5.32 Å². The Morgan fingerprint density at radius 2 is 2.15 bits per heavy atom. The standard InChI is InChI=1S/C20H21N3OS2/c1-3-23-12-8-9-15(23)18-13(10-12)17(19(26-18)21-11(2)24)20-22-14-6-4-5-7-16(14)25-20/h4-7,12,15H,3,8-10H2,1-2H3,(H,21,24)/t12-,15+/m0/s1. The van der Waals surface area contributed by atoms with Gasteiger partial charge in [0.25, 0.3) is 0 Å². The summed E-state index contributed by atoms with van der Waals surface area (Å²) in [5, 5.41) is 5.11. The summed E-state index contributed by atoms with van der Waals surface area (Å²) in [6, 6.07) is 9.41. The smallest absolute Gasteiger partial charge is 0.221 e. The van der Waals surface area contributed by atoms with Gasteiger partial charge in [-0.25, -0.2) is 4.98 Å². The first-order valence-electron chi connectivity index (χ1n) is 9.20. The highest BCUT2D eigenvalue weighted by atomic mass is 32.1. The maximum atomic E-state index is 11.8. The van der Waals surface area contributed by atoms with Crippen LogP contribution >= 0.6 is 22.7 Å². The van der Waals surface area contributed by atoms with Gasteiger partial charge in [0.2, 0.25) is 5.91 Å². The van der Waals surface area contributed by atoms with E-state index in [1.807, 2.05) is 6.07 Å². The maximum absolute atomic E-state index is 11.8. The highest BCUT2D eigenvalue weighted by Crippen LogP contribution is 2.53. The summed E-state index contributed by atoms with van der Waals surface area (Å²) in [5.41, 5.74) is 3.64. The predicted octanol–water partition coefficient (Wildman–Crippen LogP) is 5.06. The number of nitrogens with one attached hydrogen (secondary N) is 1. The summed E-state index contributed by atoms with van der Waals surface area (Å²) in [5.74, 6) is -0.0107. The third-order valence-electron chi connectivity index (χ3n) is 5.59. The number of aromatic nitrogens is 1. The molecular weight excluding hydrogens is 362 g/mol. The fourth-order valence-corrected chi connectivity index (χ4v) is 7.10. The van der Waals surface area contributed by atoms with Crippen LogP contribution in [0.1, 0.15) is 43.2 Å². The van der Waals surface area contributed by atoms with Gasteiger partial charge in [0.05, 0.1) is 10.2 Å². The van der Waals surface area contributed by atoms with Gasteiger partial charge in [-0.15, -0.1) is 22.7 Å². The number of thiazole rings is 1. The molecule has 134 valence electrons. The fraction of sp³-hybridized carbons (Fsp3) is 0.400. The molecule has 3 aromatic rings. The quantitative estimate of drug-likeness (QED) is 0.687. The van der Waals surface area contributed by atoms with E-state index in [1.165, 1.54) is 33.5 Å². The molecule has 0 unspecified atom stereocenters. The second kappa shape index (κ2) is 6.15. The third-order valence-corrected chi connectivity index (χ3v) is 7.89. The Labute approximate surface area is 160 Å². The number of hydrogen-bond acceptors (Lipinski definition) is 5. The number of thiophene rings is 1. The molecular formula is C20H21N3OS2. The number of benzene rings is 1. The molecule has 2 atom stereocenters. The predicted molar refractivity (Wildman–Crippen MR) is 109 cm³/mol. The van der Waals surface area contributed by atoms with Crippen molar-refractivity contribution in [3.05, 3.63) is 34.7 Å². The second-order valence-corrected chi connectivity index (χ2v) is 9.18. The van der Waals surface area contributed by atoms with Crippen LogP contribution in [-0.2, 0) is 11.2 Å². The Morgan fingerprint density at radius 3 is 2.92 bits per heavy atom. The molecule has 0 saturated carbocycles. The van der Waals surface area contributed by atoms with E-state index in [0.29, 0.717) is 12.1 Å². The fourth-order valence-electron chi connectivity index (χ4n) is 4.56. The number of hydrogen-bond donors (Lipinski definition) is 1. The number of fused-ring (bicyclic) bond motifs is 5. The molecule has 1 amide bonds. The molecule has 1 fully saturated rings. The summed E-state index contributed by atoms with van der Waals surface area (Å²) in [6.07, 6.45) is 3.57. The molecule has 4 nitrogen and oxygen atoms in total. The van der Waals surface area contributed by atoms with Crippen LogP contribution < -0.4 is 5.32 Å².